The fraction of sp³-hybridized carbons (Fsp3) is 0.231. The summed E-state index contributed by atoms with van der Waals surface area (Å²) >= 11 is 0. The number of aryl methyl sites for hydroxylation is 1. The lowest BCUT2D eigenvalue weighted by Crippen LogP contribution is -1.94. The van der Waals surface area contributed by atoms with Crippen molar-refractivity contribution in [2.24, 2.45) is 0 Å². The van der Waals surface area contributed by atoms with Crippen molar-refractivity contribution < 1.29 is 0 Å². The van der Waals surface area contributed by atoms with E-state index in [4.69, 9.17) is 0 Å². The van der Waals surface area contributed by atoms with Crippen LogP contribution in [0.5, 0.6) is 0 Å². The molecule has 0 spiro atoms. The molecule has 15 heavy (non-hydrogen) atoms. The molecule has 0 fully saturated rings. The van der Waals surface area contributed by atoms with Crippen LogP contribution in [-0.4, -0.2) is 15.7 Å². The number of hydrogen-bond donors (Lipinski definition) is 0. The van der Waals surface area contributed by atoms with E-state index in [2.05, 4.69) is 52.9 Å². The van der Waals surface area contributed by atoms with Gasteiger partial charge in [0.1, 0.15) is 15.7 Å². The molecule has 0 aliphatic heterocycles. The molecular weight excluding hydrogens is 178 g/mol. The Bertz CT molecular complexity index is 479. The van der Waals surface area contributed by atoms with Gasteiger partial charge in [-0.3, -0.25) is 0 Å². The average molecular weight is 194 g/mol. The van der Waals surface area contributed by atoms with Crippen molar-refractivity contribution in [3.05, 3.63) is 47.0 Å². The molecule has 0 N–H and O–H groups in total. The Balaban J connectivity index is 2.87. The van der Waals surface area contributed by atoms with Gasteiger partial charge in [0, 0.05) is 0 Å². The van der Waals surface area contributed by atoms with Gasteiger partial charge in [0.15, 0.2) is 0 Å². The lowest BCUT2D eigenvalue weighted by molar-refractivity contribution is 1.36. The predicted octanol–water partition coefficient (Wildman–Crippen LogP) is 1.41. The van der Waals surface area contributed by atoms with Crippen LogP contribution in [0.2, 0.25) is 0 Å². The summed E-state index contributed by atoms with van der Waals surface area (Å²) in [6.07, 6.45) is 2.24. The summed E-state index contributed by atoms with van der Waals surface area (Å²) in [6, 6.07) is 11.2. The Kier molecular flexibility index (Phi) is 2.86. The van der Waals surface area contributed by atoms with Gasteiger partial charge in [-0.2, -0.15) is 0 Å². The van der Waals surface area contributed by atoms with Crippen LogP contribution in [0.15, 0.2) is 30.3 Å². The molecular formula is C13H16B2. The van der Waals surface area contributed by atoms with Gasteiger partial charge >= 0.3 is 0 Å². The fourth-order valence-corrected chi connectivity index (χ4v) is 2.30. The maximum Gasteiger partial charge on any atom is 0.107 e. The summed E-state index contributed by atoms with van der Waals surface area (Å²) < 4.78 is 0. The van der Waals surface area contributed by atoms with E-state index in [1.54, 1.807) is 0 Å². The zero-order valence-corrected chi connectivity index (χ0v) is 9.80. The molecule has 0 amide bonds. The highest BCUT2D eigenvalue weighted by atomic mass is 14.1. The van der Waals surface area contributed by atoms with E-state index in [0.717, 1.165) is 12.6 Å². The molecule has 0 aliphatic rings. The maximum atomic E-state index is 2.27. The second-order valence-corrected chi connectivity index (χ2v) is 4.09. The molecule has 2 heteroatoms. The van der Waals surface area contributed by atoms with E-state index in [1.807, 2.05) is 0 Å². The first kappa shape index (κ1) is 10.4. The van der Waals surface area contributed by atoms with Crippen molar-refractivity contribution in [2.75, 3.05) is 0 Å². The topological polar surface area (TPSA) is 0 Å². The van der Waals surface area contributed by atoms with E-state index in [0.29, 0.717) is 0 Å². The second kappa shape index (κ2) is 4.14. The van der Waals surface area contributed by atoms with Crippen LogP contribution >= 0.6 is 0 Å². The Morgan fingerprint density at radius 1 is 0.933 bits per heavy atom. The fourth-order valence-electron chi connectivity index (χ4n) is 2.30. The molecule has 0 saturated heterocycles. The minimum atomic E-state index is 1.12. The third kappa shape index (κ3) is 1.69. The first-order valence-corrected chi connectivity index (χ1v) is 5.78. The third-order valence-electron chi connectivity index (χ3n) is 3.19. The highest BCUT2D eigenvalue weighted by Crippen LogP contribution is 2.26. The van der Waals surface area contributed by atoms with Gasteiger partial charge in [-0.15, -0.1) is 0 Å². The van der Waals surface area contributed by atoms with Crippen molar-refractivity contribution >= 4 is 26.5 Å². The number of rotatable bonds is 2. The molecule has 0 unspecified atom stereocenters. The normalized spacial score (nSPS) is 10.7. The smallest absolute Gasteiger partial charge is 0.0614 e. The van der Waals surface area contributed by atoms with Crippen LogP contribution in [0.4, 0.5) is 0 Å². The first-order chi connectivity index (χ1) is 7.27. The van der Waals surface area contributed by atoms with Gasteiger partial charge in [-0.1, -0.05) is 43.0 Å². The molecule has 0 radical (unpaired) electrons. The minimum Gasteiger partial charge on any atom is -0.0614 e. The summed E-state index contributed by atoms with van der Waals surface area (Å²) in [7, 11) is 4.47. The highest BCUT2D eigenvalue weighted by Gasteiger charge is 2.05. The third-order valence-corrected chi connectivity index (χ3v) is 3.19. The monoisotopic (exact) mass is 194 g/mol. The van der Waals surface area contributed by atoms with Gasteiger partial charge in [0.2, 0.25) is 0 Å². The van der Waals surface area contributed by atoms with E-state index in [1.165, 1.54) is 27.5 Å². The molecule has 0 atom stereocenters. The lowest BCUT2D eigenvalue weighted by atomic mass is 9.85. The Morgan fingerprint density at radius 3 is 2.27 bits per heavy atom. The molecule has 0 saturated carbocycles. The highest BCUT2D eigenvalue weighted by molar-refractivity contribution is 6.12. The molecule has 74 valence electrons. The van der Waals surface area contributed by atoms with Gasteiger partial charge < -0.3 is 0 Å². The lowest BCUT2D eigenvalue weighted by Gasteiger charge is -2.11. The second-order valence-electron chi connectivity index (χ2n) is 4.09. The van der Waals surface area contributed by atoms with Crippen molar-refractivity contribution in [3.63, 3.8) is 0 Å². The van der Waals surface area contributed by atoms with Gasteiger partial charge in [0.05, 0.1) is 0 Å². The van der Waals surface area contributed by atoms with Gasteiger partial charge in [-0.25, -0.2) is 0 Å². The Morgan fingerprint density at radius 2 is 1.60 bits per heavy atom. The Labute approximate surface area is 93.5 Å². The average Bonchev–Trinajstić information content (AvgIpc) is 2.29. The van der Waals surface area contributed by atoms with E-state index >= 15 is 0 Å². The zero-order valence-electron chi connectivity index (χ0n) is 9.80. The Hall–Kier alpha value is -1.17. The van der Waals surface area contributed by atoms with Crippen LogP contribution < -0.4 is 0 Å². The van der Waals surface area contributed by atoms with Crippen LogP contribution in [0.1, 0.15) is 16.7 Å². The van der Waals surface area contributed by atoms with Crippen molar-refractivity contribution in [1.82, 2.24) is 0 Å². The summed E-state index contributed by atoms with van der Waals surface area (Å²) in [5.41, 5.74) is 4.35. The van der Waals surface area contributed by atoms with Crippen molar-refractivity contribution in [2.45, 2.75) is 19.6 Å². The molecule has 0 aliphatic carbocycles. The standard InChI is InChI=1S/C13H16B2/c1-9-5-6-11(8-15)13-10(7-14)3-2-4-12(9)13/h2-6H,7-8,14-15H2,1H3. The maximum absolute atomic E-state index is 2.27. The summed E-state index contributed by atoms with van der Waals surface area (Å²) in [4.78, 5) is 0. The molecule has 0 nitrogen and oxygen atoms in total. The number of hydrogen-bond acceptors (Lipinski definition) is 0. The van der Waals surface area contributed by atoms with Crippen LogP contribution in [0, 0.1) is 6.92 Å². The largest absolute Gasteiger partial charge is 0.107 e. The number of fused-ring (bicyclic) bond motifs is 1. The molecule has 2 aromatic rings. The van der Waals surface area contributed by atoms with E-state index < -0.39 is 0 Å². The SMILES string of the molecule is BCc1cccc2c(C)ccc(CB)c12. The van der Waals surface area contributed by atoms with E-state index in [9.17, 15) is 0 Å². The van der Waals surface area contributed by atoms with Crippen molar-refractivity contribution in [1.29, 1.82) is 0 Å². The van der Waals surface area contributed by atoms with Crippen LogP contribution in [0.25, 0.3) is 10.8 Å². The van der Waals surface area contributed by atoms with Crippen LogP contribution in [0.3, 0.4) is 0 Å². The summed E-state index contributed by atoms with van der Waals surface area (Å²) in [5.74, 6) is 0. The van der Waals surface area contributed by atoms with Crippen LogP contribution in [-0.2, 0) is 12.6 Å². The van der Waals surface area contributed by atoms with E-state index in [-0.39, 0.29) is 0 Å². The first-order valence-electron chi connectivity index (χ1n) is 5.78. The molecule has 0 bridgehead atoms. The quantitative estimate of drug-likeness (QED) is 0.634. The molecule has 2 aromatic carbocycles. The zero-order chi connectivity index (χ0) is 10.8. The molecule has 0 aromatic heterocycles. The van der Waals surface area contributed by atoms with Crippen molar-refractivity contribution in [3.8, 4) is 0 Å². The number of benzene rings is 2. The molecule has 0 heterocycles. The minimum absolute atomic E-state index is 1.12. The predicted molar refractivity (Wildman–Crippen MR) is 73.2 cm³/mol. The summed E-state index contributed by atoms with van der Waals surface area (Å²) in [5, 5.41) is 2.91. The van der Waals surface area contributed by atoms with Gasteiger partial charge in [0.25, 0.3) is 0 Å². The van der Waals surface area contributed by atoms with Gasteiger partial charge in [-0.05, 0) is 34.4 Å². The summed E-state index contributed by atoms with van der Waals surface area (Å²) in [6.45, 7) is 2.20. The molecule has 2 rings (SSSR count).